The van der Waals surface area contributed by atoms with E-state index in [0.29, 0.717) is 12.8 Å². The zero-order valence-electron chi connectivity index (χ0n) is 20.3. The van der Waals surface area contributed by atoms with Crippen LogP contribution < -0.4 is 9.47 Å². The Labute approximate surface area is 196 Å². The summed E-state index contributed by atoms with van der Waals surface area (Å²) in [6, 6.07) is 15.0. The van der Waals surface area contributed by atoms with Crippen LogP contribution in [0.3, 0.4) is 0 Å². The molecule has 33 heavy (non-hydrogen) atoms. The fourth-order valence-electron chi connectivity index (χ4n) is 3.74. The molecule has 0 aliphatic carbocycles. The maximum Gasteiger partial charge on any atom is 0.262 e. The fourth-order valence-corrected chi connectivity index (χ4v) is 3.74. The van der Waals surface area contributed by atoms with Gasteiger partial charge in [0.2, 0.25) is 5.91 Å². The number of hydrogen-bond acceptors (Lipinski definition) is 5. The molecule has 1 heterocycles. The molecule has 0 saturated heterocycles. The molecule has 2 amide bonds. The van der Waals surface area contributed by atoms with Gasteiger partial charge in [0, 0.05) is 19.9 Å². The van der Waals surface area contributed by atoms with Crippen LogP contribution in [0.5, 0.6) is 11.5 Å². The van der Waals surface area contributed by atoms with Crippen LogP contribution in [0.1, 0.15) is 50.8 Å². The Kier molecular flexibility index (Phi) is 7.41. The van der Waals surface area contributed by atoms with Gasteiger partial charge in [-0.1, -0.05) is 32.9 Å². The third-order valence-corrected chi connectivity index (χ3v) is 5.57. The van der Waals surface area contributed by atoms with Crippen molar-refractivity contribution < 1.29 is 19.1 Å². The molecule has 1 aliphatic rings. The highest BCUT2D eigenvalue weighted by Crippen LogP contribution is 2.34. The molecule has 0 N–H and O–H groups in total. The third-order valence-electron chi connectivity index (χ3n) is 5.57. The van der Waals surface area contributed by atoms with Gasteiger partial charge in [0.25, 0.3) is 5.91 Å². The number of benzene rings is 2. The van der Waals surface area contributed by atoms with E-state index in [1.165, 1.54) is 9.91 Å². The molecule has 7 heteroatoms. The van der Waals surface area contributed by atoms with E-state index in [-0.39, 0.29) is 29.8 Å². The minimum atomic E-state index is -0.258. The summed E-state index contributed by atoms with van der Waals surface area (Å²) in [5.74, 6) is 1.23. The first-order valence-electron chi connectivity index (χ1n) is 11.0. The Bertz CT molecular complexity index is 1010. The summed E-state index contributed by atoms with van der Waals surface area (Å²) in [6.45, 7) is 5.99. The molecule has 2 aromatic carbocycles. The molecule has 0 bridgehead atoms. The largest absolute Gasteiger partial charge is 0.497 e. The molecule has 0 unspecified atom stereocenters. The molecule has 1 atom stereocenters. The second-order valence-corrected chi connectivity index (χ2v) is 9.49. The predicted octanol–water partition coefficient (Wildman–Crippen LogP) is 4.28. The van der Waals surface area contributed by atoms with Crippen molar-refractivity contribution in [1.29, 1.82) is 0 Å². The van der Waals surface area contributed by atoms with Crippen molar-refractivity contribution >= 4 is 17.5 Å². The number of ether oxygens (including phenoxy) is 2. The summed E-state index contributed by atoms with van der Waals surface area (Å²) in [5, 5.41) is 6.21. The maximum absolute atomic E-state index is 13.3. The molecular weight excluding hydrogens is 418 g/mol. The van der Waals surface area contributed by atoms with E-state index in [1.807, 2.05) is 69.3 Å². The molecule has 0 saturated carbocycles. The highest BCUT2D eigenvalue weighted by molar-refractivity contribution is 6.03. The lowest BCUT2D eigenvalue weighted by Gasteiger charge is -2.26. The zero-order valence-corrected chi connectivity index (χ0v) is 20.3. The molecule has 7 nitrogen and oxygen atoms in total. The molecule has 0 aromatic heterocycles. The zero-order chi connectivity index (χ0) is 24.2. The van der Waals surface area contributed by atoms with Crippen molar-refractivity contribution in [2.45, 2.75) is 39.7 Å². The Morgan fingerprint density at radius 1 is 1.00 bits per heavy atom. The topological polar surface area (TPSA) is 71.4 Å². The van der Waals surface area contributed by atoms with Gasteiger partial charge in [0.1, 0.15) is 18.0 Å². The Morgan fingerprint density at radius 2 is 1.55 bits per heavy atom. The number of hydrazone groups is 1. The number of amides is 2. The van der Waals surface area contributed by atoms with Crippen LogP contribution in [0, 0.1) is 5.41 Å². The van der Waals surface area contributed by atoms with Gasteiger partial charge in [-0.3, -0.25) is 9.59 Å². The molecule has 0 fully saturated rings. The summed E-state index contributed by atoms with van der Waals surface area (Å²) in [7, 11) is 4.91. The predicted molar refractivity (Wildman–Crippen MR) is 128 cm³/mol. The van der Waals surface area contributed by atoms with Crippen LogP contribution >= 0.6 is 0 Å². The smallest absolute Gasteiger partial charge is 0.262 e. The second kappa shape index (κ2) is 10.1. The SMILES string of the molecule is COc1ccc(C2=NN(C(=O)CN(C)C(=O)CC(C)(C)C)[C@H](c3ccc(OC)cc3)C2)cc1. The summed E-state index contributed by atoms with van der Waals surface area (Å²) in [4.78, 5) is 27.3. The molecule has 1 aliphatic heterocycles. The molecule has 0 spiro atoms. The maximum atomic E-state index is 13.3. The summed E-state index contributed by atoms with van der Waals surface area (Å²) < 4.78 is 10.5. The standard InChI is InChI=1S/C26H33N3O4/c1-26(2,3)16-24(30)28(4)17-25(31)29-23(19-9-13-21(33-6)14-10-19)15-22(27-29)18-7-11-20(32-5)12-8-18/h7-14,23H,15-17H2,1-6H3/t23-/m0/s1. The van der Waals surface area contributed by atoms with Gasteiger partial charge in [-0.25, -0.2) is 5.01 Å². The Hall–Kier alpha value is -3.35. The van der Waals surface area contributed by atoms with E-state index in [4.69, 9.17) is 14.6 Å². The summed E-state index contributed by atoms with van der Waals surface area (Å²) in [5.41, 5.74) is 2.56. The van der Waals surface area contributed by atoms with E-state index < -0.39 is 0 Å². The fraction of sp³-hybridized carbons (Fsp3) is 0.423. The Morgan fingerprint density at radius 3 is 2.06 bits per heavy atom. The van der Waals surface area contributed by atoms with E-state index in [0.717, 1.165) is 28.3 Å². The number of rotatable bonds is 7. The van der Waals surface area contributed by atoms with Crippen molar-refractivity contribution in [2.75, 3.05) is 27.8 Å². The van der Waals surface area contributed by atoms with Gasteiger partial charge in [-0.05, 0) is 52.9 Å². The van der Waals surface area contributed by atoms with E-state index in [9.17, 15) is 9.59 Å². The normalized spacial score (nSPS) is 15.8. The van der Waals surface area contributed by atoms with Crippen LogP contribution in [-0.2, 0) is 9.59 Å². The summed E-state index contributed by atoms with van der Waals surface area (Å²) >= 11 is 0. The number of hydrogen-bond donors (Lipinski definition) is 0. The minimum Gasteiger partial charge on any atom is -0.497 e. The van der Waals surface area contributed by atoms with Crippen LogP contribution in [0.4, 0.5) is 0 Å². The first kappa shape index (κ1) is 24.3. The average Bonchev–Trinajstić information content (AvgIpc) is 3.23. The quantitative estimate of drug-likeness (QED) is 0.630. The molecule has 3 rings (SSSR count). The lowest BCUT2D eigenvalue weighted by Crippen LogP contribution is -2.40. The van der Waals surface area contributed by atoms with E-state index in [1.54, 1.807) is 21.3 Å². The molecule has 2 aromatic rings. The van der Waals surface area contributed by atoms with E-state index in [2.05, 4.69) is 0 Å². The lowest BCUT2D eigenvalue weighted by atomic mass is 9.92. The van der Waals surface area contributed by atoms with Gasteiger partial charge in [-0.2, -0.15) is 5.10 Å². The van der Waals surface area contributed by atoms with Crippen LogP contribution in [0.2, 0.25) is 0 Å². The van der Waals surface area contributed by atoms with Gasteiger partial charge in [0.05, 0.1) is 26.0 Å². The van der Waals surface area contributed by atoms with Gasteiger partial charge in [0.15, 0.2) is 0 Å². The number of nitrogens with zero attached hydrogens (tertiary/aromatic N) is 3. The van der Waals surface area contributed by atoms with Crippen molar-refractivity contribution in [3.8, 4) is 11.5 Å². The number of methoxy groups -OCH3 is 2. The monoisotopic (exact) mass is 451 g/mol. The number of carbonyl (C=O) groups is 2. The van der Waals surface area contributed by atoms with Crippen LogP contribution in [0.15, 0.2) is 53.6 Å². The first-order chi connectivity index (χ1) is 15.6. The van der Waals surface area contributed by atoms with Gasteiger partial charge >= 0.3 is 0 Å². The van der Waals surface area contributed by atoms with Crippen LogP contribution in [0.25, 0.3) is 0 Å². The average molecular weight is 452 g/mol. The van der Waals surface area contributed by atoms with E-state index >= 15 is 0 Å². The summed E-state index contributed by atoms with van der Waals surface area (Å²) in [6.07, 6.45) is 0.948. The first-order valence-corrected chi connectivity index (χ1v) is 11.0. The highest BCUT2D eigenvalue weighted by Gasteiger charge is 2.34. The highest BCUT2D eigenvalue weighted by atomic mass is 16.5. The van der Waals surface area contributed by atoms with Gasteiger partial charge < -0.3 is 14.4 Å². The Balaban J connectivity index is 1.85. The lowest BCUT2D eigenvalue weighted by molar-refractivity contribution is -0.141. The molecule has 176 valence electrons. The number of carbonyl (C=O) groups excluding carboxylic acids is 2. The van der Waals surface area contributed by atoms with Crippen molar-refractivity contribution in [2.24, 2.45) is 10.5 Å². The van der Waals surface area contributed by atoms with Crippen molar-refractivity contribution in [1.82, 2.24) is 9.91 Å². The van der Waals surface area contributed by atoms with Crippen molar-refractivity contribution in [3.63, 3.8) is 0 Å². The van der Waals surface area contributed by atoms with Gasteiger partial charge in [-0.15, -0.1) is 0 Å². The van der Waals surface area contributed by atoms with Crippen LogP contribution in [-0.4, -0.2) is 55.2 Å². The number of likely N-dealkylation sites (N-methyl/N-ethyl adjacent to an activating group) is 1. The molecular formula is C26H33N3O4. The second-order valence-electron chi connectivity index (χ2n) is 9.49. The van der Waals surface area contributed by atoms with Crippen molar-refractivity contribution in [3.05, 3.63) is 59.7 Å². The molecule has 0 radical (unpaired) electrons. The third kappa shape index (κ3) is 6.12. The minimum absolute atomic E-state index is 0.0268.